The van der Waals surface area contributed by atoms with E-state index < -0.39 is 11.6 Å². The van der Waals surface area contributed by atoms with Crippen LogP contribution in [0.5, 0.6) is 0 Å². The van der Waals surface area contributed by atoms with Crippen LogP contribution in [0.25, 0.3) is 0 Å². The predicted octanol–water partition coefficient (Wildman–Crippen LogP) is 3.30. The maximum absolute atomic E-state index is 12.1. The number of carbonyl (C=O) groups is 1. The molecule has 1 aliphatic carbocycles. The third-order valence-electron chi connectivity index (χ3n) is 3.77. The number of hydrogen-bond donors (Lipinski definition) is 2. The van der Waals surface area contributed by atoms with Gasteiger partial charge < -0.3 is 10.6 Å². The number of carbonyl (C=O) groups excluding carboxylic acids is 1. The second-order valence-corrected chi connectivity index (χ2v) is 5.38. The second-order valence-electron chi connectivity index (χ2n) is 5.38. The van der Waals surface area contributed by atoms with Gasteiger partial charge in [-0.25, -0.2) is 4.79 Å². The SMILES string of the molecule is N#Cc1cccc(NC(=O)NC2(C#N)CCCCCC2)c1. The standard InChI is InChI=1S/C16H18N4O/c17-11-13-6-5-7-14(10-13)19-15(21)20-16(12-18)8-3-1-2-4-9-16/h5-7,10H,1-4,8-9H2,(H2,19,20,21). The van der Waals surface area contributed by atoms with Crippen LogP contribution in [0, 0.1) is 22.7 Å². The summed E-state index contributed by atoms with van der Waals surface area (Å²) in [6.07, 6.45) is 5.51. The van der Waals surface area contributed by atoms with Crippen LogP contribution in [0.2, 0.25) is 0 Å². The van der Waals surface area contributed by atoms with Gasteiger partial charge in [0.25, 0.3) is 0 Å². The molecule has 0 bridgehead atoms. The minimum absolute atomic E-state index is 0.395. The lowest BCUT2D eigenvalue weighted by Crippen LogP contribution is -2.48. The summed E-state index contributed by atoms with van der Waals surface area (Å²) in [5, 5.41) is 23.8. The van der Waals surface area contributed by atoms with Gasteiger partial charge in [0.2, 0.25) is 0 Å². The molecular formula is C16H18N4O. The Bertz CT molecular complexity index is 589. The van der Waals surface area contributed by atoms with Gasteiger partial charge in [0.05, 0.1) is 17.7 Å². The van der Waals surface area contributed by atoms with Crippen molar-refractivity contribution in [3.63, 3.8) is 0 Å². The number of nitrogens with zero attached hydrogens (tertiary/aromatic N) is 2. The highest BCUT2D eigenvalue weighted by Crippen LogP contribution is 2.26. The highest BCUT2D eigenvalue weighted by molar-refractivity contribution is 5.90. The van der Waals surface area contributed by atoms with Crippen molar-refractivity contribution in [2.24, 2.45) is 0 Å². The molecule has 0 spiro atoms. The maximum Gasteiger partial charge on any atom is 0.320 e. The fourth-order valence-electron chi connectivity index (χ4n) is 2.64. The summed E-state index contributed by atoms with van der Waals surface area (Å²) in [5.74, 6) is 0. The zero-order valence-corrected chi connectivity index (χ0v) is 11.9. The van der Waals surface area contributed by atoms with Crippen molar-refractivity contribution < 1.29 is 4.79 Å². The molecular weight excluding hydrogens is 264 g/mol. The van der Waals surface area contributed by atoms with Crippen molar-refractivity contribution in [2.45, 2.75) is 44.1 Å². The topological polar surface area (TPSA) is 88.7 Å². The Morgan fingerprint density at radius 3 is 2.48 bits per heavy atom. The van der Waals surface area contributed by atoms with Crippen LogP contribution in [-0.4, -0.2) is 11.6 Å². The summed E-state index contributed by atoms with van der Waals surface area (Å²) in [6.45, 7) is 0. The van der Waals surface area contributed by atoms with Crippen LogP contribution < -0.4 is 10.6 Å². The molecule has 0 unspecified atom stereocenters. The van der Waals surface area contributed by atoms with Crippen LogP contribution in [0.15, 0.2) is 24.3 Å². The first-order chi connectivity index (χ1) is 10.2. The van der Waals surface area contributed by atoms with Crippen LogP contribution in [0.1, 0.15) is 44.1 Å². The first-order valence-corrected chi connectivity index (χ1v) is 7.18. The Morgan fingerprint density at radius 2 is 1.86 bits per heavy atom. The van der Waals surface area contributed by atoms with Gasteiger partial charge in [-0.2, -0.15) is 10.5 Å². The van der Waals surface area contributed by atoms with Gasteiger partial charge in [0.15, 0.2) is 0 Å². The van der Waals surface area contributed by atoms with E-state index in [9.17, 15) is 10.1 Å². The number of nitrogens with one attached hydrogen (secondary N) is 2. The molecule has 2 N–H and O–H groups in total. The molecule has 5 nitrogen and oxygen atoms in total. The highest BCUT2D eigenvalue weighted by Gasteiger charge is 2.32. The van der Waals surface area contributed by atoms with Gasteiger partial charge >= 0.3 is 6.03 Å². The third-order valence-corrected chi connectivity index (χ3v) is 3.77. The van der Waals surface area contributed by atoms with Gasteiger partial charge in [-0.15, -0.1) is 0 Å². The molecule has 2 rings (SSSR count). The molecule has 0 heterocycles. The molecule has 108 valence electrons. The number of benzene rings is 1. The van der Waals surface area contributed by atoms with E-state index in [1.807, 2.05) is 6.07 Å². The van der Waals surface area contributed by atoms with Crippen molar-refractivity contribution in [2.75, 3.05) is 5.32 Å². The Labute approximate surface area is 124 Å². The molecule has 1 saturated carbocycles. The van der Waals surface area contributed by atoms with Crippen molar-refractivity contribution in [3.05, 3.63) is 29.8 Å². The van der Waals surface area contributed by atoms with Gasteiger partial charge in [0.1, 0.15) is 5.54 Å². The molecule has 2 amide bonds. The molecule has 0 saturated heterocycles. The van der Waals surface area contributed by atoms with Crippen LogP contribution in [0.4, 0.5) is 10.5 Å². The second kappa shape index (κ2) is 6.76. The molecule has 21 heavy (non-hydrogen) atoms. The summed E-state index contributed by atoms with van der Waals surface area (Å²) >= 11 is 0. The van der Waals surface area contributed by atoms with Crippen molar-refractivity contribution in [1.82, 2.24) is 5.32 Å². The summed E-state index contributed by atoms with van der Waals surface area (Å²) < 4.78 is 0. The van der Waals surface area contributed by atoms with Crippen molar-refractivity contribution in [3.8, 4) is 12.1 Å². The zero-order valence-electron chi connectivity index (χ0n) is 11.9. The van der Waals surface area contributed by atoms with Gasteiger partial charge in [-0.05, 0) is 31.0 Å². The minimum Gasteiger partial charge on any atom is -0.319 e. The summed E-state index contributed by atoms with van der Waals surface area (Å²) in [5.41, 5.74) is 0.262. The highest BCUT2D eigenvalue weighted by atomic mass is 16.2. The van der Waals surface area contributed by atoms with E-state index in [0.717, 1.165) is 25.7 Å². The minimum atomic E-state index is -0.770. The summed E-state index contributed by atoms with van der Waals surface area (Å²) in [6, 6.07) is 10.6. The molecule has 0 radical (unpaired) electrons. The van der Waals surface area contributed by atoms with E-state index in [1.54, 1.807) is 24.3 Å². The first-order valence-electron chi connectivity index (χ1n) is 7.18. The van der Waals surface area contributed by atoms with E-state index >= 15 is 0 Å². The van der Waals surface area contributed by atoms with Gasteiger partial charge in [0, 0.05) is 5.69 Å². The molecule has 1 aliphatic rings. The fourth-order valence-corrected chi connectivity index (χ4v) is 2.64. The predicted molar refractivity (Wildman–Crippen MR) is 79.4 cm³/mol. The molecule has 0 aromatic heterocycles. The van der Waals surface area contributed by atoms with Crippen LogP contribution in [0.3, 0.4) is 0 Å². The third kappa shape index (κ3) is 3.97. The largest absolute Gasteiger partial charge is 0.320 e. The quantitative estimate of drug-likeness (QED) is 0.816. The van der Waals surface area contributed by atoms with E-state index in [4.69, 9.17) is 5.26 Å². The van der Waals surface area contributed by atoms with Gasteiger partial charge in [-0.1, -0.05) is 31.7 Å². The first kappa shape index (κ1) is 14.9. The normalized spacial score (nSPS) is 16.9. The molecule has 1 aromatic carbocycles. The lowest BCUT2D eigenvalue weighted by molar-refractivity contribution is 0.240. The zero-order chi connectivity index (χ0) is 15.1. The molecule has 1 aromatic rings. The van der Waals surface area contributed by atoms with E-state index in [-0.39, 0.29) is 0 Å². The monoisotopic (exact) mass is 282 g/mol. The van der Waals surface area contributed by atoms with Gasteiger partial charge in [-0.3, -0.25) is 0 Å². The maximum atomic E-state index is 12.1. The number of nitriles is 2. The molecule has 0 atom stereocenters. The van der Waals surface area contributed by atoms with Crippen LogP contribution in [-0.2, 0) is 0 Å². The Hall–Kier alpha value is -2.53. The smallest absolute Gasteiger partial charge is 0.319 e. The Balaban J connectivity index is 2.03. The molecule has 0 aliphatic heterocycles. The Kier molecular flexibility index (Phi) is 4.79. The van der Waals surface area contributed by atoms with Crippen LogP contribution >= 0.6 is 0 Å². The lowest BCUT2D eigenvalue weighted by Gasteiger charge is -2.26. The number of anilines is 1. The number of amides is 2. The number of rotatable bonds is 2. The Morgan fingerprint density at radius 1 is 1.14 bits per heavy atom. The number of urea groups is 1. The van der Waals surface area contributed by atoms with Crippen molar-refractivity contribution >= 4 is 11.7 Å². The van der Waals surface area contributed by atoms with E-state index in [2.05, 4.69) is 16.7 Å². The fraction of sp³-hybridized carbons (Fsp3) is 0.438. The van der Waals surface area contributed by atoms with Crippen molar-refractivity contribution in [1.29, 1.82) is 10.5 Å². The lowest BCUT2D eigenvalue weighted by atomic mass is 9.92. The molecule has 5 heteroatoms. The van der Waals surface area contributed by atoms with E-state index in [0.29, 0.717) is 24.1 Å². The summed E-state index contributed by atoms with van der Waals surface area (Å²) in [7, 11) is 0. The average Bonchev–Trinajstić information content (AvgIpc) is 2.73. The summed E-state index contributed by atoms with van der Waals surface area (Å²) in [4.78, 5) is 12.1. The average molecular weight is 282 g/mol. The number of hydrogen-bond acceptors (Lipinski definition) is 3. The molecule has 1 fully saturated rings. The van der Waals surface area contributed by atoms with E-state index in [1.165, 1.54) is 0 Å².